The van der Waals surface area contributed by atoms with Gasteiger partial charge in [-0.2, -0.15) is 0 Å². The molecule has 5 heteroatoms. The van der Waals surface area contributed by atoms with Crippen LogP contribution in [0.25, 0.3) is 0 Å². The van der Waals surface area contributed by atoms with Crippen molar-refractivity contribution in [3.63, 3.8) is 0 Å². The van der Waals surface area contributed by atoms with Crippen LogP contribution in [0.15, 0.2) is 42.5 Å². The first-order chi connectivity index (χ1) is 11.0. The van der Waals surface area contributed by atoms with Crippen LogP contribution in [-0.4, -0.2) is 54.3 Å². The SMILES string of the molecule is CC1C(NC(=O)/C=C/CN(C)C)CC(=O)N1Cc1ccccc1. The van der Waals surface area contributed by atoms with Gasteiger partial charge in [-0.1, -0.05) is 36.4 Å². The summed E-state index contributed by atoms with van der Waals surface area (Å²) in [5.41, 5.74) is 1.10. The third-order valence-electron chi connectivity index (χ3n) is 4.05. The second-order valence-electron chi connectivity index (χ2n) is 6.23. The topological polar surface area (TPSA) is 52.7 Å². The predicted octanol–water partition coefficient (Wildman–Crippen LogP) is 1.41. The molecule has 23 heavy (non-hydrogen) atoms. The standard InChI is InChI=1S/C18H25N3O2/c1-14-16(19-17(22)10-7-11-20(2)3)12-18(23)21(14)13-15-8-5-4-6-9-15/h4-10,14,16H,11-13H2,1-3H3,(H,19,22)/b10-7+. The van der Waals surface area contributed by atoms with Crippen molar-refractivity contribution in [1.29, 1.82) is 0 Å². The lowest BCUT2D eigenvalue weighted by atomic mass is 10.1. The van der Waals surface area contributed by atoms with E-state index in [0.717, 1.165) is 5.56 Å². The molecule has 2 atom stereocenters. The van der Waals surface area contributed by atoms with E-state index in [4.69, 9.17) is 0 Å². The summed E-state index contributed by atoms with van der Waals surface area (Å²) < 4.78 is 0. The molecule has 5 nitrogen and oxygen atoms in total. The van der Waals surface area contributed by atoms with Crippen LogP contribution in [0.2, 0.25) is 0 Å². The van der Waals surface area contributed by atoms with E-state index in [-0.39, 0.29) is 23.9 Å². The molecule has 0 radical (unpaired) electrons. The van der Waals surface area contributed by atoms with Crippen molar-refractivity contribution < 1.29 is 9.59 Å². The van der Waals surface area contributed by atoms with E-state index in [2.05, 4.69) is 5.32 Å². The molecule has 0 spiro atoms. The van der Waals surface area contributed by atoms with Crippen molar-refractivity contribution in [3.05, 3.63) is 48.0 Å². The number of carbonyl (C=O) groups is 2. The molecule has 1 aromatic rings. The van der Waals surface area contributed by atoms with Crippen LogP contribution in [0.4, 0.5) is 0 Å². The molecule has 0 aliphatic carbocycles. The summed E-state index contributed by atoms with van der Waals surface area (Å²) in [6.45, 7) is 3.29. The summed E-state index contributed by atoms with van der Waals surface area (Å²) in [5.74, 6) is -0.0537. The molecule has 1 N–H and O–H groups in total. The summed E-state index contributed by atoms with van der Waals surface area (Å²) in [6, 6.07) is 9.77. The average Bonchev–Trinajstić information content (AvgIpc) is 2.75. The number of amides is 2. The molecule has 124 valence electrons. The molecule has 2 rings (SSSR count). The Hall–Kier alpha value is -2.14. The maximum absolute atomic E-state index is 12.2. The number of hydrogen-bond acceptors (Lipinski definition) is 3. The molecule has 1 aromatic carbocycles. The lowest BCUT2D eigenvalue weighted by Gasteiger charge is -2.25. The fraction of sp³-hybridized carbons (Fsp3) is 0.444. The monoisotopic (exact) mass is 315 g/mol. The molecule has 1 aliphatic heterocycles. The van der Waals surface area contributed by atoms with Gasteiger partial charge in [-0.3, -0.25) is 9.59 Å². The molecule has 2 amide bonds. The van der Waals surface area contributed by atoms with Gasteiger partial charge in [0.2, 0.25) is 11.8 Å². The zero-order valence-corrected chi connectivity index (χ0v) is 14.0. The number of nitrogens with zero attached hydrogens (tertiary/aromatic N) is 2. The van der Waals surface area contributed by atoms with Gasteiger partial charge in [0.1, 0.15) is 0 Å². The van der Waals surface area contributed by atoms with Crippen molar-refractivity contribution in [2.75, 3.05) is 20.6 Å². The van der Waals surface area contributed by atoms with Crippen molar-refractivity contribution >= 4 is 11.8 Å². The molecular formula is C18H25N3O2. The Morgan fingerprint density at radius 1 is 1.35 bits per heavy atom. The summed E-state index contributed by atoms with van der Waals surface area (Å²) in [5, 5.41) is 2.94. The fourth-order valence-corrected chi connectivity index (χ4v) is 2.71. The third kappa shape index (κ3) is 4.93. The number of rotatable bonds is 6. The molecule has 0 saturated carbocycles. The second kappa shape index (κ2) is 7.92. The second-order valence-corrected chi connectivity index (χ2v) is 6.23. The minimum Gasteiger partial charge on any atom is -0.347 e. The van der Waals surface area contributed by atoms with E-state index in [1.807, 2.05) is 67.2 Å². The Morgan fingerprint density at radius 3 is 2.70 bits per heavy atom. The first-order valence-electron chi connectivity index (χ1n) is 7.92. The highest BCUT2D eigenvalue weighted by molar-refractivity contribution is 5.89. The van der Waals surface area contributed by atoms with Gasteiger partial charge in [0.25, 0.3) is 0 Å². The number of hydrogen-bond donors (Lipinski definition) is 1. The van der Waals surface area contributed by atoms with E-state index < -0.39 is 0 Å². The molecule has 1 saturated heterocycles. The summed E-state index contributed by atoms with van der Waals surface area (Å²) in [4.78, 5) is 28.0. The predicted molar refractivity (Wildman–Crippen MR) is 90.7 cm³/mol. The molecule has 2 unspecified atom stereocenters. The van der Waals surface area contributed by atoms with Crippen LogP contribution in [0, 0.1) is 0 Å². The van der Waals surface area contributed by atoms with Crippen LogP contribution < -0.4 is 5.32 Å². The number of carbonyl (C=O) groups excluding carboxylic acids is 2. The molecule has 0 bridgehead atoms. The van der Waals surface area contributed by atoms with E-state index >= 15 is 0 Å². The summed E-state index contributed by atoms with van der Waals surface area (Å²) in [6.07, 6.45) is 3.72. The quantitative estimate of drug-likeness (QED) is 0.808. The van der Waals surface area contributed by atoms with Crippen molar-refractivity contribution in [2.24, 2.45) is 0 Å². The Kier molecular flexibility index (Phi) is 5.93. The largest absolute Gasteiger partial charge is 0.347 e. The van der Waals surface area contributed by atoms with Crippen LogP contribution in [0.3, 0.4) is 0 Å². The van der Waals surface area contributed by atoms with Crippen molar-refractivity contribution in [2.45, 2.75) is 32.0 Å². The van der Waals surface area contributed by atoms with E-state index in [1.54, 1.807) is 0 Å². The lowest BCUT2D eigenvalue weighted by molar-refractivity contribution is -0.129. The summed E-state index contributed by atoms with van der Waals surface area (Å²) in [7, 11) is 3.89. The van der Waals surface area contributed by atoms with Crippen LogP contribution in [0.5, 0.6) is 0 Å². The Morgan fingerprint density at radius 2 is 2.04 bits per heavy atom. The first kappa shape index (κ1) is 17.2. The number of benzene rings is 1. The Balaban J connectivity index is 1.91. The number of nitrogens with one attached hydrogen (secondary N) is 1. The summed E-state index contributed by atoms with van der Waals surface area (Å²) >= 11 is 0. The highest BCUT2D eigenvalue weighted by Crippen LogP contribution is 2.21. The van der Waals surface area contributed by atoms with E-state index in [1.165, 1.54) is 6.08 Å². The van der Waals surface area contributed by atoms with Crippen molar-refractivity contribution in [3.8, 4) is 0 Å². The van der Waals surface area contributed by atoms with Gasteiger partial charge >= 0.3 is 0 Å². The highest BCUT2D eigenvalue weighted by Gasteiger charge is 2.37. The molecule has 1 aliphatic rings. The van der Waals surface area contributed by atoms with Crippen LogP contribution in [0.1, 0.15) is 18.9 Å². The minimum absolute atomic E-state index is 0.00564. The van der Waals surface area contributed by atoms with Gasteiger partial charge in [-0.25, -0.2) is 0 Å². The van der Waals surface area contributed by atoms with Gasteiger partial charge in [-0.15, -0.1) is 0 Å². The van der Waals surface area contributed by atoms with E-state index in [9.17, 15) is 9.59 Å². The smallest absolute Gasteiger partial charge is 0.244 e. The Bertz CT molecular complexity index is 569. The van der Waals surface area contributed by atoms with Gasteiger partial charge in [-0.05, 0) is 26.6 Å². The minimum atomic E-state index is -0.141. The number of likely N-dealkylation sites (N-methyl/N-ethyl adjacent to an activating group) is 1. The molecule has 1 fully saturated rings. The Labute approximate surface area is 138 Å². The normalized spacial score (nSPS) is 21.4. The van der Waals surface area contributed by atoms with Crippen LogP contribution >= 0.6 is 0 Å². The fourth-order valence-electron chi connectivity index (χ4n) is 2.71. The average molecular weight is 315 g/mol. The van der Waals surface area contributed by atoms with Crippen LogP contribution in [-0.2, 0) is 16.1 Å². The van der Waals surface area contributed by atoms with Gasteiger partial charge in [0, 0.05) is 31.6 Å². The number of likely N-dealkylation sites (tertiary alicyclic amines) is 1. The zero-order chi connectivity index (χ0) is 16.8. The molecular weight excluding hydrogens is 290 g/mol. The first-order valence-corrected chi connectivity index (χ1v) is 7.92. The van der Waals surface area contributed by atoms with Gasteiger partial charge in [0.15, 0.2) is 0 Å². The highest BCUT2D eigenvalue weighted by atomic mass is 16.2. The maximum atomic E-state index is 12.2. The molecule has 0 aromatic heterocycles. The lowest BCUT2D eigenvalue weighted by Crippen LogP contribution is -2.42. The van der Waals surface area contributed by atoms with E-state index in [0.29, 0.717) is 19.5 Å². The zero-order valence-electron chi connectivity index (χ0n) is 14.0. The van der Waals surface area contributed by atoms with Gasteiger partial charge in [0.05, 0.1) is 6.04 Å². The molecule has 1 heterocycles. The van der Waals surface area contributed by atoms with Gasteiger partial charge < -0.3 is 15.1 Å². The van der Waals surface area contributed by atoms with Crippen molar-refractivity contribution in [1.82, 2.24) is 15.1 Å². The maximum Gasteiger partial charge on any atom is 0.244 e. The third-order valence-corrected chi connectivity index (χ3v) is 4.05.